The number of nitrogens with zero attached hydrogens (tertiary/aromatic N) is 2. The van der Waals surface area contributed by atoms with E-state index in [-0.39, 0.29) is 5.91 Å². The van der Waals surface area contributed by atoms with E-state index >= 15 is 0 Å². The maximum atomic E-state index is 12.0. The highest BCUT2D eigenvalue weighted by Gasteiger charge is 2.23. The third-order valence-electron chi connectivity index (χ3n) is 2.85. The van der Waals surface area contributed by atoms with E-state index in [2.05, 4.69) is 10.3 Å². The summed E-state index contributed by atoms with van der Waals surface area (Å²) in [6, 6.07) is 1.65. The molecule has 0 unspecified atom stereocenters. The lowest BCUT2D eigenvalue weighted by Gasteiger charge is -2.24. The van der Waals surface area contributed by atoms with E-state index in [1.54, 1.807) is 34.0 Å². The van der Waals surface area contributed by atoms with Crippen molar-refractivity contribution in [1.82, 2.24) is 15.2 Å². The number of amides is 2. The number of pyridine rings is 1. The summed E-state index contributed by atoms with van der Waals surface area (Å²) in [5, 5.41) is 11.2. The lowest BCUT2D eigenvalue weighted by molar-refractivity contribution is 0.0823. The Hall–Kier alpha value is -2.31. The highest BCUT2D eigenvalue weighted by atomic mass is 16.5. The molecule has 1 rings (SSSR count). The summed E-state index contributed by atoms with van der Waals surface area (Å²) < 4.78 is 5.23. The topological polar surface area (TPSA) is 91.8 Å². The second kappa shape index (κ2) is 6.43. The van der Waals surface area contributed by atoms with E-state index in [0.717, 1.165) is 0 Å². The van der Waals surface area contributed by atoms with Crippen LogP contribution in [0.25, 0.3) is 0 Å². The van der Waals surface area contributed by atoms with E-state index in [1.165, 1.54) is 18.2 Å². The normalized spacial score (nSPS) is 10.9. The number of carbonyl (C=O) groups is 2. The van der Waals surface area contributed by atoms with Crippen molar-refractivity contribution in [2.45, 2.75) is 25.8 Å². The first-order valence-corrected chi connectivity index (χ1v) is 6.42. The van der Waals surface area contributed by atoms with Gasteiger partial charge >= 0.3 is 6.09 Å². The molecule has 2 N–H and O–H groups in total. The number of ether oxygens (including phenoxy) is 1. The number of methoxy groups -OCH3 is 1. The summed E-state index contributed by atoms with van der Waals surface area (Å²) in [6.45, 7) is 3.52. The van der Waals surface area contributed by atoms with Crippen LogP contribution in [-0.4, -0.2) is 53.7 Å². The van der Waals surface area contributed by atoms with E-state index in [4.69, 9.17) is 9.84 Å². The van der Waals surface area contributed by atoms with Crippen LogP contribution in [0, 0.1) is 0 Å². The van der Waals surface area contributed by atoms with Crippen LogP contribution in [-0.2, 0) is 6.42 Å². The van der Waals surface area contributed by atoms with Crippen LogP contribution in [0.3, 0.4) is 0 Å². The maximum absolute atomic E-state index is 12.0. The fourth-order valence-corrected chi connectivity index (χ4v) is 1.93. The highest BCUT2D eigenvalue weighted by Crippen LogP contribution is 2.22. The van der Waals surface area contributed by atoms with Crippen LogP contribution in [0.15, 0.2) is 12.3 Å². The van der Waals surface area contributed by atoms with Gasteiger partial charge in [-0.15, -0.1) is 0 Å². The summed E-state index contributed by atoms with van der Waals surface area (Å²) in [5.41, 5.74) is 0.341. The molecule has 0 spiro atoms. The molecule has 7 heteroatoms. The van der Waals surface area contributed by atoms with Gasteiger partial charge in [-0.05, 0) is 13.8 Å². The van der Waals surface area contributed by atoms with Crippen molar-refractivity contribution in [3.63, 3.8) is 0 Å². The van der Waals surface area contributed by atoms with Crippen molar-refractivity contribution in [3.8, 4) is 5.75 Å². The molecule has 0 aliphatic heterocycles. The molecule has 2 amide bonds. The zero-order chi connectivity index (χ0) is 16.2. The number of hydrogen-bond donors (Lipinski definition) is 2. The second-order valence-corrected chi connectivity index (χ2v) is 5.57. The Kier molecular flexibility index (Phi) is 5.12. The Morgan fingerprint density at radius 2 is 2.05 bits per heavy atom. The Labute approximate surface area is 123 Å². The third-order valence-corrected chi connectivity index (χ3v) is 2.85. The molecular weight excluding hydrogens is 274 g/mol. The largest absolute Gasteiger partial charge is 0.496 e. The van der Waals surface area contributed by atoms with Crippen LogP contribution < -0.4 is 10.1 Å². The van der Waals surface area contributed by atoms with Gasteiger partial charge in [-0.3, -0.25) is 9.78 Å². The lowest BCUT2D eigenvalue weighted by atomic mass is 9.98. The number of hydrogen-bond acceptors (Lipinski definition) is 4. The molecule has 0 fully saturated rings. The van der Waals surface area contributed by atoms with Crippen molar-refractivity contribution in [2.24, 2.45) is 0 Å². The fourth-order valence-electron chi connectivity index (χ4n) is 1.93. The molecule has 0 atom stereocenters. The zero-order valence-corrected chi connectivity index (χ0v) is 12.9. The average molecular weight is 295 g/mol. The van der Waals surface area contributed by atoms with Gasteiger partial charge in [-0.1, -0.05) is 0 Å². The zero-order valence-electron chi connectivity index (χ0n) is 12.9. The number of nitrogens with one attached hydrogen (secondary N) is 1. The molecule has 0 aliphatic rings. The molecule has 1 aromatic heterocycles. The summed E-state index contributed by atoms with van der Waals surface area (Å²) in [4.78, 5) is 28.4. The first kappa shape index (κ1) is 16.7. The number of rotatable bonds is 5. The van der Waals surface area contributed by atoms with Gasteiger partial charge in [0.25, 0.3) is 5.91 Å². The Balaban J connectivity index is 3.02. The minimum Gasteiger partial charge on any atom is -0.496 e. The first-order valence-electron chi connectivity index (χ1n) is 6.42. The highest BCUT2D eigenvalue weighted by molar-refractivity contribution is 5.96. The first-order chi connectivity index (χ1) is 9.66. The molecular formula is C14H21N3O4. The van der Waals surface area contributed by atoms with Crippen molar-refractivity contribution in [2.75, 3.05) is 21.2 Å². The van der Waals surface area contributed by atoms with Crippen molar-refractivity contribution in [3.05, 3.63) is 23.5 Å². The predicted octanol–water partition coefficient (Wildman–Crippen LogP) is 1.38. The summed E-state index contributed by atoms with van der Waals surface area (Å²) in [5.74, 6) is 0.221. The molecule has 0 aromatic carbocycles. The molecule has 0 bridgehead atoms. The van der Waals surface area contributed by atoms with Crippen molar-refractivity contribution in [1.29, 1.82) is 0 Å². The minimum absolute atomic E-state index is 0.200. The van der Waals surface area contributed by atoms with Gasteiger partial charge in [-0.2, -0.15) is 0 Å². The maximum Gasteiger partial charge on any atom is 0.405 e. The van der Waals surface area contributed by atoms with Crippen LogP contribution in [0.5, 0.6) is 5.75 Å². The van der Waals surface area contributed by atoms with Gasteiger partial charge in [0.05, 0.1) is 12.7 Å². The Morgan fingerprint density at radius 3 is 2.52 bits per heavy atom. The van der Waals surface area contributed by atoms with E-state index in [0.29, 0.717) is 23.4 Å². The smallest absolute Gasteiger partial charge is 0.405 e. The monoisotopic (exact) mass is 295 g/mol. The predicted molar refractivity (Wildman–Crippen MR) is 77.8 cm³/mol. The second-order valence-electron chi connectivity index (χ2n) is 5.57. The van der Waals surface area contributed by atoms with Crippen molar-refractivity contribution < 1.29 is 19.4 Å². The molecule has 0 aliphatic carbocycles. The Bertz CT molecular complexity index is 541. The standard InChI is InChI=1S/C14H21N3O4/c1-14(2,16-13(19)20)7-9-6-11(21-5)10(8-15-9)12(18)17(3)4/h6,8,16H,7H2,1-5H3,(H,19,20). The van der Waals surface area contributed by atoms with Gasteiger partial charge in [0.1, 0.15) is 5.75 Å². The summed E-state index contributed by atoms with van der Waals surface area (Å²) in [6.07, 6.45) is 0.741. The molecule has 1 heterocycles. The molecule has 0 saturated carbocycles. The Morgan fingerprint density at radius 1 is 1.43 bits per heavy atom. The third kappa shape index (κ3) is 4.62. The SMILES string of the molecule is COc1cc(CC(C)(C)NC(=O)O)ncc1C(=O)N(C)C. The van der Waals surface area contributed by atoms with Gasteiger partial charge in [0.15, 0.2) is 0 Å². The number of carboxylic acid groups (broad SMARTS) is 1. The lowest BCUT2D eigenvalue weighted by Crippen LogP contribution is -2.44. The molecule has 1 aromatic rings. The van der Waals surface area contributed by atoms with Crippen LogP contribution in [0.4, 0.5) is 4.79 Å². The quantitative estimate of drug-likeness (QED) is 0.856. The number of carbonyl (C=O) groups excluding carboxylic acids is 1. The minimum atomic E-state index is -1.09. The molecule has 0 saturated heterocycles. The fraction of sp³-hybridized carbons (Fsp3) is 0.500. The van der Waals surface area contributed by atoms with E-state index < -0.39 is 11.6 Å². The molecule has 21 heavy (non-hydrogen) atoms. The van der Waals surface area contributed by atoms with Gasteiger partial charge in [-0.25, -0.2) is 4.79 Å². The summed E-state index contributed by atoms with van der Waals surface area (Å²) in [7, 11) is 4.78. The van der Waals surface area contributed by atoms with Crippen LogP contribution >= 0.6 is 0 Å². The van der Waals surface area contributed by atoms with E-state index in [1.807, 2.05) is 0 Å². The van der Waals surface area contributed by atoms with Crippen LogP contribution in [0.1, 0.15) is 29.9 Å². The van der Waals surface area contributed by atoms with Gasteiger partial charge in [0.2, 0.25) is 0 Å². The number of aromatic nitrogens is 1. The molecule has 116 valence electrons. The van der Waals surface area contributed by atoms with Gasteiger partial charge < -0.3 is 20.1 Å². The molecule has 7 nitrogen and oxygen atoms in total. The molecule has 0 radical (unpaired) electrons. The van der Waals surface area contributed by atoms with Gasteiger partial charge in [0, 0.05) is 44.0 Å². The average Bonchev–Trinajstić information content (AvgIpc) is 2.35. The van der Waals surface area contributed by atoms with E-state index in [9.17, 15) is 9.59 Å². The van der Waals surface area contributed by atoms with Crippen molar-refractivity contribution >= 4 is 12.0 Å². The summed E-state index contributed by atoms with van der Waals surface area (Å²) >= 11 is 0. The van der Waals surface area contributed by atoms with Crippen LogP contribution in [0.2, 0.25) is 0 Å².